The van der Waals surface area contributed by atoms with Crippen LogP contribution in [0.3, 0.4) is 0 Å². The molecule has 0 spiro atoms. The van der Waals surface area contributed by atoms with Crippen molar-refractivity contribution >= 4 is 0 Å². The number of hydrogen-bond donors (Lipinski definition) is 2. The van der Waals surface area contributed by atoms with Crippen LogP contribution in [0.4, 0.5) is 0 Å². The Morgan fingerprint density at radius 3 is 2.93 bits per heavy atom. The maximum atomic E-state index is 8.83. The lowest BCUT2D eigenvalue weighted by Gasteiger charge is -2.25. The van der Waals surface area contributed by atoms with Crippen molar-refractivity contribution in [3.63, 3.8) is 0 Å². The van der Waals surface area contributed by atoms with Gasteiger partial charge in [-0.1, -0.05) is 0 Å². The standard InChI is InChI=1S/C11H24N2O2/c1-15-9-7-13(6-3-8-14)10-11-4-2-5-12-11/h11-12,14H,2-10H2,1H3. The third-order valence-corrected chi connectivity index (χ3v) is 2.89. The van der Waals surface area contributed by atoms with Crippen molar-refractivity contribution in [1.29, 1.82) is 0 Å². The molecule has 15 heavy (non-hydrogen) atoms. The lowest BCUT2D eigenvalue weighted by Crippen LogP contribution is -2.39. The second-order valence-corrected chi connectivity index (χ2v) is 4.16. The van der Waals surface area contributed by atoms with Gasteiger partial charge in [0.15, 0.2) is 0 Å². The highest BCUT2D eigenvalue weighted by Crippen LogP contribution is 2.07. The Labute approximate surface area is 92.6 Å². The zero-order valence-corrected chi connectivity index (χ0v) is 9.74. The molecular formula is C11H24N2O2. The summed E-state index contributed by atoms with van der Waals surface area (Å²) in [5.41, 5.74) is 0. The largest absolute Gasteiger partial charge is 0.396 e. The monoisotopic (exact) mass is 216 g/mol. The molecule has 1 heterocycles. The van der Waals surface area contributed by atoms with E-state index >= 15 is 0 Å². The summed E-state index contributed by atoms with van der Waals surface area (Å²) in [4.78, 5) is 2.38. The van der Waals surface area contributed by atoms with Crippen molar-refractivity contribution in [2.24, 2.45) is 0 Å². The third-order valence-electron chi connectivity index (χ3n) is 2.89. The van der Waals surface area contributed by atoms with Crippen LogP contribution in [0.25, 0.3) is 0 Å². The van der Waals surface area contributed by atoms with Crippen LogP contribution < -0.4 is 5.32 Å². The third kappa shape index (κ3) is 5.47. The maximum Gasteiger partial charge on any atom is 0.0589 e. The molecule has 1 fully saturated rings. The van der Waals surface area contributed by atoms with Crippen molar-refractivity contribution in [1.82, 2.24) is 10.2 Å². The molecule has 1 rings (SSSR count). The number of ether oxygens (including phenoxy) is 1. The molecule has 0 radical (unpaired) electrons. The molecule has 0 aromatic carbocycles. The molecule has 0 saturated carbocycles. The van der Waals surface area contributed by atoms with Crippen LogP contribution in [-0.2, 0) is 4.74 Å². The molecule has 2 N–H and O–H groups in total. The normalized spacial score (nSPS) is 21.4. The first-order chi connectivity index (χ1) is 7.36. The number of rotatable bonds is 8. The molecule has 0 aliphatic carbocycles. The summed E-state index contributed by atoms with van der Waals surface area (Å²) in [7, 11) is 1.73. The average molecular weight is 216 g/mol. The van der Waals surface area contributed by atoms with Gasteiger partial charge in [0.2, 0.25) is 0 Å². The van der Waals surface area contributed by atoms with Crippen LogP contribution in [-0.4, -0.2) is 62.6 Å². The van der Waals surface area contributed by atoms with E-state index in [1.54, 1.807) is 7.11 Å². The predicted molar refractivity (Wildman–Crippen MR) is 61.0 cm³/mol. The fourth-order valence-electron chi connectivity index (χ4n) is 2.03. The van der Waals surface area contributed by atoms with E-state index in [0.29, 0.717) is 6.04 Å². The van der Waals surface area contributed by atoms with Crippen LogP contribution in [0.15, 0.2) is 0 Å². The summed E-state index contributed by atoms with van der Waals surface area (Å²) in [6.07, 6.45) is 3.43. The first-order valence-electron chi connectivity index (χ1n) is 5.92. The Bertz CT molecular complexity index is 142. The highest BCUT2D eigenvalue weighted by atomic mass is 16.5. The molecular weight excluding hydrogens is 192 g/mol. The first-order valence-corrected chi connectivity index (χ1v) is 5.92. The molecule has 1 aliphatic rings. The van der Waals surface area contributed by atoms with E-state index in [0.717, 1.165) is 39.2 Å². The van der Waals surface area contributed by atoms with Gasteiger partial charge in [-0.2, -0.15) is 0 Å². The molecule has 90 valence electrons. The molecule has 0 aromatic heterocycles. The van der Waals surface area contributed by atoms with Crippen molar-refractivity contribution < 1.29 is 9.84 Å². The van der Waals surface area contributed by atoms with Crippen LogP contribution >= 0.6 is 0 Å². The molecule has 1 atom stereocenters. The number of hydrogen-bond acceptors (Lipinski definition) is 4. The first kappa shape index (κ1) is 12.9. The van der Waals surface area contributed by atoms with Crippen LogP contribution in [0.2, 0.25) is 0 Å². The molecule has 0 aromatic rings. The van der Waals surface area contributed by atoms with Gasteiger partial charge < -0.3 is 15.2 Å². The number of nitrogens with one attached hydrogen (secondary N) is 1. The fourth-order valence-corrected chi connectivity index (χ4v) is 2.03. The van der Waals surface area contributed by atoms with Crippen molar-refractivity contribution in [2.45, 2.75) is 25.3 Å². The summed E-state index contributed by atoms with van der Waals surface area (Å²) >= 11 is 0. The SMILES string of the molecule is COCCN(CCCO)CC1CCCN1. The lowest BCUT2D eigenvalue weighted by atomic mass is 10.2. The summed E-state index contributed by atoms with van der Waals surface area (Å²) in [6.45, 7) is 5.23. The summed E-state index contributed by atoms with van der Waals surface area (Å²) in [5, 5.41) is 12.3. The zero-order valence-electron chi connectivity index (χ0n) is 9.74. The van der Waals surface area contributed by atoms with E-state index in [1.165, 1.54) is 12.8 Å². The fraction of sp³-hybridized carbons (Fsp3) is 1.00. The van der Waals surface area contributed by atoms with E-state index in [2.05, 4.69) is 10.2 Å². The lowest BCUT2D eigenvalue weighted by molar-refractivity contribution is 0.135. The van der Waals surface area contributed by atoms with Gasteiger partial charge in [0.25, 0.3) is 0 Å². The Kier molecular flexibility index (Phi) is 6.92. The molecule has 0 amide bonds. The van der Waals surface area contributed by atoms with Crippen molar-refractivity contribution in [3.8, 4) is 0 Å². The van der Waals surface area contributed by atoms with Gasteiger partial charge >= 0.3 is 0 Å². The minimum atomic E-state index is 0.279. The van der Waals surface area contributed by atoms with E-state index < -0.39 is 0 Å². The highest BCUT2D eigenvalue weighted by molar-refractivity contribution is 4.77. The average Bonchev–Trinajstić information content (AvgIpc) is 2.74. The summed E-state index contributed by atoms with van der Waals surface area (Å²) in [5.74, 6) is 0. The van der Waals surface area contributed by atoms with Crippen LogP contribution in [0.5, 0.6) is 0 Å². The minimum Gasteiger partial charge on any atom is -0.396 e. The van der Waals surface area contributed by atoms with E-state index in [-0.39, 0.29) is 6.61 Å². The highest BCUT2D eigenvalue weighted by Gasteiger charge is 2.17. The van der Waals surface area contributed by atoms with Crippen LogP contribution in [0, 0.1) is 0 Å². The second-order valence-electron chi connectivity index (χ2n) is 4.16. The predicted octanol–water partition coefficient (Wildman–Crippen LogP) is 0.0692. The summed E-state index contributed by atoms with van der Waals surface area (Å²) < 4.78 is 5.09. The zero-order chi connectivity index (χ0) is 10.9. The maximum absolute atomic E-state index is 8.83. The van der Waals surface area contributed by atoms with Gasteiger partial charge in [-0.15, -0.1) is 0 Å². The molecule has 1 unspecified atom stereocenters. The Hall–Kier alpha value is -0.160. The molecule has 1 saturated heterocycles. The van der Waals surface area contributed by atoms with Gasteiger partial charge in [-0.25, -0.2) is 0 Å². The Balaban J connectivity index is 2.19. The Morgan fingerprint density at radius 2 is 2.33 bits per heavy atom. The number of aliphatic hydroxyl groups is 1. The van der Waals surface area contributed by atoms with E-state index in [1.807, 2.05) is 0 Å². The van der Waals surface area contributed by atoms with Gasteiger partial charge in [0, 0.05) is 39.4 Å². The molecule has 4 heteroatoms. The number of nitrogens with zero attached hydrogens (tertiary/aromatic N) is 1. The van der Waals surface area contributed by atoms with E-state index in [4.69, 9.17) is 9.84 Å². The van der Waals surface area contributed by atoms with Crippen molar-refractivity contribution in [2.75, 3.05) is 46.5 Å². The molecule has 0 bridgehead atoms. The number of methoxy groups -OCH3 is 1. The topological polar surface area (TPSA) is 44.7 Å². The van der Waals surface area contributed by atoms with Gasteiger partial charge in [-0.3, -0.25) is 4.90 Å². The summed E-state index contributed by atoms with van der Waals surface area (Å²) in [6, 6.07) is 0.639. The minimum absolute atomic E-state index is 0.279. The second kappa shape index (κ2) is 8.05. The quantitative estimate of drug-likeness (QED) is 0.603. The van der Waals surface area contributed by atoms with Crippen LogP contribution in [0.1, 0.15) is 19.3 Å². The molecule has 1 aliphatic heterocycles. The number of aliphatic hydroxyl groups excluding tert-OH is 1. The van der Waals surface area contributed by atoms with Gasteiger partial charge in [0.1, 0.15) is 0 Å². The smallest absolute Gasteiger partial charge is 0.0589 e. The van der Waals surface area contributed by atoms with Gasteiger partial charge in [-0.05, 0) is 25.8 Å². The van der Waals surface area contributed by atoms with Gasteiger partial charge in [0.05, 0.1) is 6.61 Å². The van der Waals surface area contributed by atoms with E-state index in [9.17, 15) is 0 Å². The van der Waals surface area contributed by atoms with Crippen molar-refractivity contribution in [3.05, 3.63) is 0 Å². The molecule has 4 nitrogen and oxygen atoms in total. The Morgan fingerprint density at radius 1 is 1.47 bits per heavy atom.